The van der Waals surface area contributed by atoms with Gasteiger partial charge in [0, 0.05) is 43.4 Å². The highest BCUT2D eigenvalue weighted by Gasteiger charge is 2.13. The monoisotopic (exact) mass is 764 g/mol. The van der Waals surface area contributed by atoms with Crippen molar-refractivity contribution in [2.75, 3.05) is 0 Å². The zero-order valence-corrected chi connectivity index (χ0v) is 32.2. The molecule has 0 aliphatic carbocycles. The fourth-order valence-corrected chi connectivity index (χ4v) is 8.24. The molecule has 0 aliphatic heterocycles. The molecule has 0 amide bonds. The van der Waals surface area contributed by atoms with Crippen LogP contribution in [0.5, 0.6) is 0 Å². The second kappa shape index (κ2) is 13.7. The maximum Gasteiger partial charge on any atom is 0.0973 e. The van der Waals surface area contributed by atoms with E-state index in [0.717, 1.165) is 122 Å². The molecule has 0 fully saturated rings. The fourth-order valence-electron chi connectivity index (χ4n) is 8.24. The van der Waals surface area contributed by atoms with E-state index in [1.54, 1.807) is 0 Å². The topological polar surface area (TPSA) is 77.3 Å². The average molecular weight is 765 g/mol. The Morgan fingerprint density at radius 3 is 0.867 bits per heavy atom. The second-order valence-corrected chi connectivity index (χ2v) is 15.1. The lowest BCUT2D eigenvalue weighted by atomic mass is 10.0. The number of benzene rings is 6. The third kappa shape index (κ3) is 5.89. The molecule has 6 aromatic carbocycles. The standard InChI is InChI=1S/C54H32N6/c1-3-7-33(8-4-1)43-25-21-37-13-15-39-23-29-47(59-53(39)51(37)57-43)45-27-19-35-11-17-41(31-49(35)55-45)42-18-12-36-20-28-46(56-50(36)32-42)48-30-24-40-16-14-38-22-26-44(34-9-5-2-6-10-34)58-52(38)54(40)60-48/h1-32H. The molecule has 0 atom stereocenters. The summed E-state index contributed by atoms with van der Waals surface area (Å²) >= 11 is 0. The fraction of sp³-hybridized carbons (Fsp3) is 0. The molecule has 12 rings (SSSR count). The summed E-state index contributed by atoms with van der Waals surface area (Å²) in [4.78, 5) is 30.8. The SMILES string of the molecule is c1ccc(-c2ccc3ccc4ccc(-c5ccc6ccc(-c7ccc8ccc(-c9ccc%10ccc%11ccc(-c%12ccccc%12)nc%11c%10n9)nc8c7)cc6n5)nc4c3n2)cc1. The van der Waals surface area contributed by atoms with Gasteiger partial charge in [0.15, 0.2) is 0 Å². The van der Waals surface area contributed by atoms with Crippen LogP contribution < -0.4 is 0 Å². The van der Waals surface area contributed by atoms with Gasteiger partial charge in [-0.3, -0.25) is 0 Å². The van der Waals surface area contributed by atoms with Crippen molar-refractivity contribution in [3.8, 4) is 56.4 Å². The lowest BCUT2D eigenvalue weighted by molar-refractivity contribution is 1.31. The van der Waals surface area contributed by atoms with Crippen molar-refractivity contribution >= 4 is 65.4 Å². The molecule has 0 unspecified atom stereocenters. The smallest absolute Gasteiger partial charge is 0.0973 e. The first-order valence-corrected chi connectivity index (χ1v) is 20.0. The van der Waals surface area contributed by atoms with Crippen LogP contribution in [0.2, 0.25) is 0 Å². The second-order valence-electron chi connectivity index (χ2n) is 15.1. The van der Waals surface area contributed by atoms with Gasteiger partial charge in [0.25, 0.3) is 0 Å². The molecule has 0 spiro atoms. The van der Waals surface area contributed by atoms with Gasteiger partial charge in [-0.2, -0.15) is 0 Å². The summed E-state index contributed by atoms with van der Waals surface area (Å²) in [5.74, 6) is 0. The maximum atomic E-state index is 5.17. The third-order valence-electron chi connectivity index (χ3n) is 11.4. The Balaban J connectivity index is 0.899. The van der Waals surface area contributed by atoms with Gasteiger partial charge < -0.3 is 0 Å². The minimum absolute atomic E-state index is 0.805. The van der Waals surface area contributed by atoms with Crippen LogP contribution in [-0.4, -0.2) is 29.9 Å². The van der Waals surface area contributed by atoms with Crippen LogP contribution in [0.25, 0.3) is 122 Å². The lowest BCUT2D eigenvalue weighted by Gasteiger charge is -2.10. The molecule has 6 heterocycles. The van der Waals surface area contributed by atoms with Gasteiger partial charge in [-0.05, 0) is 59.7 Å². The minimum Gasteiger partial charge on any atom is -0.246 e. The maximum absolute atomic E-state index is 5.17. The zero-order chi connectivity index (χ0) is 39.6. The molecule has 6 heteroatoms. The van der Waals surface area contributed by atoms with Crippen LogP contribution in [0.3, 0.4) is 0 Å². The normalized spacial score (nSPS) is 11.7. The Labute approximate surface area is 344 Å². The van der Waals surface area contributed by atoms with Crippen molar-refractivity contribution in [2.24, 2.45) is 0 Å². The third-order valence-corrected chi connectivity index (χ3v) is 11.4. The Morgan fingerprint density at radius 1 is 0.200 bits per heavy atom. The van der Waals surface area contributed by atoms with E-state index in [0.29, 0.717) is 0 Å². The highest BCUT2D eigenvalue weighted by atomic mass is 14.8. The minimum atomic E-state index is 0.805. The van der Waals surface area contributed by atoms with Crippen molar-refractivity contribution in [2.45, 2.75) is 0 Å². The number of hydrogen-bond donors (Lipinski definition) is 0. The number of nitrogens with zero attached hydrogens (tertiary/aromatic N) is 6. The number of pyridine rings is 6. The van der Waals surface area contributed by atoms with E-state index in [4.69, 9.17) is 29.9 Å². The highest BCUT2D eigenvalue weighted by molar-refractivity contribution is 6.05. The molecule has 0 N–H and O–H groups in total. The van der Waals surface area contributed by atoms with Gasteiger partial charge in [0.1, 0.15) is 0 Å². The van der Waals surface area contributed by atoms with Gasteiger partial charge in [0.05, 0.1) is 67.3 Å². The Morgan fingerprint density at radius 2 is 0.483 bits per heavy atom. The molecule has 0 bridgehead atoms. The predicted octanol–water partition coefficient (Wildman–Crippen LogP) is 13.3. The molecule has 6 aromatic heterocycles. The molecular formula is C54H32N6. The van der Waals surface area contributed by atoms with Crippen LogP contribution in [0.1, 0.15) is 0 Å². The van der Waals surface area contributed by atoms with E-state index in [1.165, 1.54) is 0 Å². The van der Waals surface area contributed by atoms with Crippen molar-refractivity contribution < 1.29 is 0 Å². The molecule has 60 heavy (non-hydrogen) atoms. The molecule has 0 saturated carbocycles. The summed E-state index contributed by atoms with van der Waals surface area (Å²) in [7, 11) is 0. The molecule has 278 valence electrons. The van der Waals surface area contributed by atoms with Gasteiger partial charge in [-0.25, -0.2) is 29.9 Å². The highest BCUT2D eigenvalue weighted by Crippen LogP contribution is 2.33. The van der Waals surface area contributed by atoms with Crippen molar-refractivity contribution in [1.29, 1.82) is 0 Å². The first-order chi connectivity index (χ1) is 29.7. The van der Waals surface area contributed by atoms with Crippen molar-refractivity contribution in [3.05, 3.63) is 194 Å². The van der Waals surface area contributed by atoms with Crippen molar-refractivity contribution in [1.82, 2.24) is 29.9 Å². The summed E-state index contributed by atoms with van der Waals surface area (Å²) in [6, 6.07) is 66.9. The van der Waals surface area contributed by atoms with E-state index >= 15 is 0 Å². The molecule has 0 radical (unpaired) electrons. The van der Waals surface area contributed by atoms with Crippen molar-refractivity contribution in [3.63, 3.8) is 0 Å². The molecule has 0 saturated heterocycles. The summed E-state index contributed by atoms with van der Waals surface area (Å²) in [5, 5.41) is 6.31. The summed E-state index contributed by atoms with van der Waals surface area (Å²) < 4.78 is 0. The molecule has 0 aliphatic rings. The van der Waals surface area contributed by atoms with E-state index in [2.05, 4.69) is 133 Å². The van der Waals surface area contributed by atoms with Crippen LogP contribution in [0.4, 0.5) is 0 Å². The number of fused-ring (bicyclic) bond motifs is 8. The Bertz CT molecular complexity index is 3420. The van der Waals surface area contributed by atoms with Gasteiger partial charge in [0.2, 0.25) is 0 Å². The van der Waals surface area contributed by atoms with E-state index < -0.39 is 0 Å². The van der Waals surface area contributed by atoms with Gasteiger partial charge >= 0.3 is 0 Å². The number of rotatable bonds is 5. The van der Waals surface area contributed by atoms with Gasteiger partial charge in [-0.1, -0.05) is 146 Å². The summed E-state index contributed by atoms with van der Waals surface area (Å²) in [6.45, 7) is 0. The Kier molecular flexibility index (Phi) is 7.74. The average Bonchev–Trinajstić information content (AvgIpc) is 3.33. The largest absolute Gasteiger partial charge is 0.246 e. The lowest BCUT2D eigenvalue weighted by Crippen LogP contribution is -1.93. The van der Waals surface area contributed by atoms with Crippen LogP contribution in [-0.2, 0) is 0 Å². The van der Waals surface area contributed by atoms with E-state index in [9.17, 15) is 0 Å². The summed E-state index contributed by atoms with van der Waals surface area (Å²) in [5.41, 5.74) is 14.6. The first-order valence-electron chi connectivity index (χ1n) is 20.0. The van der Waals surface area contributed by atoms with Crippen LogP contribution >= 0.6 is 0 Å². The zero-order valence-electron chi connectivity index (χ0n) is 32.2. The predicted molar refractivity (Wildman–Crippen MR) is 245 cm³/mol. The number of hydrogen-bond acceptors (Lipinski definition) is 6. The van der Waals surface area contributed by atoms with Gasteiger partial charge in [-0.15, -0.1) is 0 Å². The van der Waals surface area contributed by atoms with Crippen LogP contribution in [0, 0.1) is 0 Å². The first kappa shape index (κ1) is 33.9. The quantitative estimate of drug-likeness (QED) is 0.162. The molecule has 12 aromatic rings. The summed E-state index contributed by atoms with van der Waals surface area (Å²) in [6.07, 6.45) is 0. The Hall–Kier alpha value is -8.22. The van der Waals surface area contributed by atoms with E-state index in [-0.39, 0.29) is 0 Å². The van der Waals surface area contributed by atoms with Crippen LogP contribution in [0.15, 0.2) is 194 Å². The molecular weight excluding hydrogens is 733 g/mol. The number of aromatic nitrogens is 6. The van der Waals surface area contributed by atoms with E-state index in [1.807, 2.05) is 60.7 Å². The molecule has 6 nitrogen and oxygen atoms in total.